The summed E-state index contributed by atoms with van der Waals surface area (Å²) >= 11 is 3.60. The first-order valence-electron chi connectivity index (χ1n) is 11.2. The Morgan fingerprint density at radius 2 is 2.03 bits per heavy atom. The number of anilines is 2. The molecule has 1 aliphatic heterocycles. The summed E-state index contributed by atoms with van der Waals surface area (Å²) in [5, 5.41) is 18.1. The summed E-state index contributed by atoms with van der Waals surface area (Å²) in [7, 11) is 1.57. The maximum Gasteiger partial charge on any atom is 0.255 e. The van der Waals surface area contributed by atoms with E-state index in [0.717, 1.165) is 5.56 Å². The van der Waals surface area contributed by atoms with Gasteiger partial charge in [0.15, 0.2) is 11.5 Å². The third-order valence-electron chi connectivity index (χ3n) is 5.31. The average molecular weight is 543 g/mol. The quantitative estimate of drug-likeness (QED) is 0.426. The topological polar surface area (TPSA) is 112 Å². The van der Waals surface area contributed by atoms with Crippen LogP contribution in [-0.4, -0.2) is 45.9 Å². The summed E-state index contributed by atoms with van der Waals surface area (Å²) in [5.74, 6) is 1.80. The number of methoxy groups -OCH3 is 1. The molecule has 0 saturated heterocycles. The lowest BCUT2D eigenvalue weighted by Crippen LogP contribution is -2.31. The smallest absolute Gasteiger partial charge is 0.255 e. The third kappa shape index (κ3) is 4.95. The van der Waals surface area contributed by atoms with Crippen molar-refractivity contribution in [3.8, 4) is 17.2 Å². The molecular formula is C24H27BrN6O4. The van der Waals surface area contributed by atoms with E-state index >= 15 is 0 Å². The van der Waals surface area contributed by atoms with E-state index in [-0.39, 0.29) is 12.0 Å². The normalized spacial score (nSPS) is 14.9. The maximum atomic E-state index is 13.7. The zero-order valence-electron chi connectivity index (χ0n) is 20.1. The predicted octanol–water partition coefficient (Wildman–Crippen LogP) is 4.56. The number of fused-ring (bicyclic) bond motifs is 1. The van der Waals surface area contributed by atoms with Crippen molar-refractivity contribution in [2.24, 2.45) is 0 Å². The highest BCUT2D eigenvalue weighted by Gasteiger charge is 2.35. The van der Waals surface area contributed by atoms with E-state index in [1.807, 2.05) is 58.0 Å². The van der Waals surface area contributed by atoms with Gasteiger partial charge in [-0.25, -0.2) is 0 Å². The number of halogens is 1. The second-order valence-corrected chi connectivity index (χ2v) is 8.95. The van der Waals surface area contributed by atoms with Crippen molar-refractivity contribution in [2.75, 3.05) is 24.4 Å². The van der Waals surface area contributed by atoms with Crippen LogP contribution in [0.1, 0.15) is 39.3 Å². The number of allylic oxidation sites excluding steroid dienone is 1. The van der Waals surface area contributed by atoms with Crippen LogP contribution in [0.25, 0.3) is 0 Å². The summed E-state index contributed by atoms with van der Waals surface area (Å²) in [6.45, 7) is 8.06. The molecule has 0 fully saturated rings. The molecule has 1 aliphatic rings. The SMILES string of the molecule is CCOc1ccccc1NC(=O)C1=C(C)Nc2nnnn2C1c1cc(Br)c(OC(C)C)c(OC)c1. The Hall–Kier alpha value is -3.60. The van der Waals surface area contributed by atoms with Crippen LogP contribution in [0.5, 0.6) is 17.2 Å². The number of nitrogens with one attached hydrogen (secondary N) is 2. The lowest BCUT2D eigenvalue weighted by molar-refractivity contribution is -0.113. The van der Waals surface area contributed by atoms with Gasteiger partial charge in [0.1, 0.15) is 11.8 Å². The van der Waals surface area contributed by atoms with E-state index in [1.54, 1.807) is 17.9 Å². The molecular weight excluding hydrogens is 516 g/mol. The van der Waals surface area contributed by atoms with Gasteiger partial charge in [0.05, 0.1) is 35.6 Å². The summed E-state index contributed by atoms with van der Waals surface area (Å²) in [5.41, 5.74) is 2.38. The number of hydrogen-bond donors (Lipinski definition) is 2. The van der Waals surface area contributed by atoms with E-state index in [2.05, 4.69) is 42.1 Å². The molecule has 1 amide bonds. The van der Waals surface area contributed by atoms with Crippen molar-refractivity contribution >= 4 is 33.5 Å². The highest BCUT2D eigenvalue weighted by Crippen LogP contribution is 2.43. The van der Waals surface area contributed by atoms with Gasteiger partial charge in [-0.1, -0.05) is 17.2 Å². The maximum absolute atomic E-state index is 13.7. The largest absolute Gasteiger partial charge is 0.493 e. The number of tetrazole rings is 1. The van der Waals surface area contributed by atoms with E-state index in [9.17, 15) is 4.79 Å². The van der Waals surface area contributed by atoms with Gasteiger partial charge in [0, 0.05) is 5.70 Å². The molecule has 4 rings (SSSR count). The van der Waals surface area contributed by atoms with Gasteiger partial charge in [-0.15, -0.1) is 0 Å². The van der Waals surface area contributed by atoms with Gasteiger partial charge in [0.25, 0.3) is 5.91 Å². The van der Waals surface area contributed by atoms with Gasteiger partial charge < -0.3 is 24.8 Å². The number of carbonyl (C=O) groups is 1. The number of para-hydroxylation sites is 2. The molecule has 35 heavy (non-hydrogen) atoms. The minimum Gasteiger partial charge on any atom is -0.493 e. The van der Waals surface area contributed by atoms with Crippen molar-refractivity contribution in [3.05, 3.63) is 57.7 Å². The second kappa shape index (κ2) is 10.3. The summed E-state index contributed by atoms with van der Waals surface area (Å²) < 4.78 is 19.5. The minimum absolute atomic E-state index is 0.0510. The number of nitrogens with zero attached hydrogens (tertiary/aromatic N) is 4. The fourth-order valence-corrected chi connectivity index (χ4v) is 4.46. The number of carbonyl (C=O) groups excluding carboxylic acids is 1. The van der Waals surface area contributed by atoms with Crippen LogP contribution in [-0.2, 0) is 4.79 Å². The van der Waals surface area contributed by atoms with Crippen molar-refractivity contribution in [3.63, 3.8) is 0 Å². The van der Waals surface area contributed by atoms with E-state index < -0.39 is 6.04 Å². The molecule has 10 nitrogen and oxygen atoms in total. The number of rotatable bonds is 8. The first-order valence-corrected chi connectivity index (χ1v) is 12.0. The Morgan fingerprint density at radius 1 is 1.26 bits per heavy atom. The van der Waals surface area contributed by atoms with Crippen LogP contribution in [0.4, 0.5) is 11.6 Å². The molecule has 1 aromatic heterocycles. The van der Waals surface area contributed by atoms with Crippen LogP contribution >= 0.6 is 15.9 Å². The fourth-order valence-electron chi connectivity index (χ4n) is 3.90. The Bertz CT molecular complexity index is 1270. The standard InChI is InChI=1S/C24H27BrN6O4/c1-6-34-18-10-8-7-9-17(18)27-23(32)20-14(4)26-24-28-29-30-31(24)21(20)15-11-16(25)22(35-13(2)3)19(12-15)33-5/h7-13,21H,6H2,1-5H3,(H,27,32)(H,26,28,30). The molecule has 2 heterocycles. The number of amides is 1. The van der Waals surface area contributed by atoms with E-state index in [0.29, 0.717) is 51.2 Å². The van der Waals surface area contributed by atoms with Crippen molar-refractivity contribution < 1.29 is 19.0 Å². The van der Waals surface area contributed by atoms with Gasteiger partial charge in [-0.05, 0) is 83.9 Å². The molecule has 11 heteroatoms. The van der Waals surface area contributed by atoms with Crippen molar-refractivity contribution in [1.29, 1.82) is 0 Å². The number of hydrogen-bond acceptors (Lipinski definition) is 8. The van der Waals surface area contributed by atoms with Gasteiger partial charge in [0.2, 0.25) is 5.95 Å². The molecule has 3 aromatic rings. The Kier molecular flexibility index (Phi) is 7.25. The number of ether oxygens (including phenoxy) is 3. The predicted molar refractivity (Wildman–Crippen MR) is 135 cm³/mol. The van der Waals surface area contributed by atoms with Crippen LogP contribution in [0, 0.1) is 0 Å². The van der Waals surface area contributed by atoms with Gasteiger partial charge in [-0.3, -0.25) is 4.79 Å². The molecule has 2 aromatic carbocycles. The molecule has 0 saturated carbocycles. The van der Waals surface area contributed by atoms with Crippen molar-refractivity contribution in [1.82, 2.24) is 20.2 Å². The van der Waals surface area contributed by atoms with E-state index in [4.69, 9.17) is 14.2 Å². The Balaban J connectivity index is 1.79. The lowest BCUT2D eigenvalue weighted by Gasteiger charge is -2.29. The monoisotopic (exact) mass is 542 g/mol. The van der Waals surface area contributed by atoms with Gasteiger partial charge >= 0.3 is 0 Å². The Labute approximate surface area is 211 Å². The first-order chi connectivity index (χ1) is 16.8. The molecule has 0 spiro atoms. The summed E-state index contributed by atoms with van der Waals surface area (Å²) in [4.78, 5) is 13.7. The average Bonchev–Trinajstić information content (AvgIpc) is 3.28. The van der Waals surface area contributed by atoms with Gasteiger partial charge in [-0.2, -0.15) is 4.68 Å². The molecule has 1 atom stereocenters. The molecule has 0 aliphatic carbocycles. The molecule has 0 radical (unpaired) electrons. The number of aromatic nitrogens is 4. The van der Waals surface area contributed by atoms with E-state index in [1.165, 1.54) is 0 Å². The highest BCUT2D eigenvalue weighted by atomic mass is 79.9. The highest BCUT2D eigenvalue weighted by molar-refractivity contribution is 9.10. The second-order valence-electron chi connectivity index (χ2n) is 8.10. The zero-order chi connectivity index (χ0) is 25.1. The van der Waals surface area contributed by atoms with Crippen LogP contribution in [0.3, 0.4) is 0 Å². The zero-order valence-corrected chi connectivity index (χ0v) is 21.7. The number of benzene rings is 2. The first kappa shape index (κ1) is 24.5. The molecule has 184 valence electrons. The molecule has 1 unspecified atom stereocenters. The molecule has 0 bridgehead atoms. The van der Waals surface area contributed by atoms with Crippen molar-refractivity contribution in [2.45, 2.75) is 39.8 Å². The molecule has 2 N–H and O–H groups in total. The third-order valence-corrected chi connectivity index (χ3v) is 5.90. The fraction of sp³-hybridized carbons (Fsp3) is 0.333. The minimum atomic E-state index is -0.626. The van der Waals surface area contributed by atoms with Crippen LogP contribution in [0.15, 0.2) is 52.1 Å². The lowest BCUT2D eigenvalue weighted by atomic mass is 9.94. The summed E-state index contributed by atoms with van der Waals surface area (Å²) in [6, 6.07) is 10.4. The van der Waals surface area contributed by atoms with Crippen LogP contribution in [0.2, 0.25) is 0 Å². The van der Waals surface area contributed by atoms with Crippen LogP contribution < -0.4 is 24.8 Å². The Morgan fingerprint density at radius 3 is 2.74 bits per heavy atom. The summed E-state index contributed by atoms with van der Waals surface area (Å²) in [6.07, 6.45) is -0.0510.